The highest BCUT2D eigenvalue weighted by Crippen LogP contribution is 2.13. The van der Waals surface area contributed by atoms with Crippen LogP contribution in [0.2, 0.25) is 0 Å². The smallest absolute Gasteiger partial charge is 0.136 e. The van der Waals surface area contributed by atoms with Crippen molar-refractivity contribution in [1.82, 2.24) is 9.80 Å². The van der Waals surface area contributed by atoms with Crippen LogP contribution in [0.1, 0.15) is 0 Å². The first-order valence-electron chi connectivity index (χ1n) is 7.84. The van der Waals surface area contributed by atoms with E-state index in [4.69, 9.17) is 38.6 Å². The first-order valence-corrected chi connectivity index (χ1v) is 10.6. The molecule has 0 N–H and O–H groups in total. The van der Waals surface area contributed by atoms with Crippen molar-refractivity contribution >= 4 is 56.6 Å². The molecule has 0 bridgehead atoms. The summed E-state index contributed by atoms with van der Waals surface area (Å²) in [5.74, 6) is 1.80. The molecule has 5 nitrogen and oxygen atoms in total. The Labute approximate surface area is 157 Å². The van der Waals surface area contributed by atoms with Crippen LogP contribution in [0.3, 0.4) is 0 Å². The second-order valence-corrected chi connectivity index (χ2v) is 8.50. The lowest BCUT2D eigenvalue weighted by molar-refractivity contribution is 0.0702. The normalized spacial score (nSPS) is 19.0. The zero-order valence-corrected chi connectivity index (χ0v) is 16.5. The quantitative estimate of drug-likeness (QED) is 0.492. The van der Waals surface area contributed by atoms with Crippen molar-refractivity contribution in [1.29, 1.82) is 0 Å². The Morgan fingerprint density at radius 2 is 1.17 bits per heavy atom. The molecule has 0 aromatic carbocycles. The molecular weight excluding hydrogens is 372 g/mol. The monoisotopic (exact) mass is 396 g/mol. The highest BCUT2D eigenvalue weighted by molar-refractivity contribution is 8.23. The number of ether oxygens (including phenoxy) is 3. The van der Waals surface area contributed by atoms with Gasteiger partial charge in [-0.05, 0) is 0 Å². The number of thioether (sulfide) groups is 2. The second-order valence-electron chi connectivity index (χ2n) is 5.04. The molecule has 0 aliphatic carbocycles. The van der Waals surface area contributed by atoms with Crippen molar-refractivity contribution in [2.75, 3.05) is 77.3 Å². The molecule has 2 rings (SSSR count). The maximum absolute atomic E-state index is 5.66. The summed E-state index contributed by atoms with van der Waals surface area (Å²) in [5, 5.41) is 0. The summed E-state index contributed by atoms with van der Waals surface area (Å²) in [7, 11) is 0. The third-order valence-electron chi connectivity index (χ3n) is 3.44. The predicted octanol–water partition coefficient (Wildman–Crippen LogP) is 1.70. The van der Waals surface area contributed by atoms with E-state index in [0.29, 0.717) is 0 Å². The fraction of sp³-hybridized carbons (Fsp3) is 0.857. The Bertz CT molecular complexity index is 341. The first kappa shape index (κ1) is 19.7. The molecule has 2 aliphatic heterocycles. The molecule has 0 radical (unpaired) electrons. The molecule has 9 heteroatoms. The van der Waals surface area contributed by atoms with Gasteiger partial charge in [-0.25, -0.2) is 0 Å². The van der Waals surface area contributed by atoms with Gasteiger partial charge in [0.25, 0.3) is 0 Å². The molecule has 0 aromatic heterocycles. The molecule has 0 atom stereocenters. The van der Waals surface area contributed by atoms with Crippen LogP contribution in [-0.2, 0) is 14.2 Å². The average Bonchev–Trinajstić information content (AvgIpc) is 2.62. The molecule has 0 aromatic rings. The van der Waals surface area contributed by atoms with Gasteiger partial charge in [-0.2, -0.15) is 0 Å². The van der Waals surface area contributed by atoms with E-state index in [0.717, 1.165) is 86.0 Å². The minimum atomic E-state index is 0.722. The number of morpholine rings is 2. The summed E-state index contributed by atoms with van der Waals surface area (Å²) >= 11 is 14.2. The fourth-order valence-electron chi connectivity index (χ4n) is 2.15. The van der Waals surface area contributed by atoms with Gasteiger partial charge < -0.3 is 24.0 Å². The standard InChI is InChI=1S/C14H24N2O3S4/c20-13(15-1-5-17-6-2-15)22-11-9-19-10-12-23-14(21)16-3-7-18-8-4-16/h1-12H2. The summed E-state index contributed by atoms with van der Waals surface area (Å²) in [6, 6.07) is 0. The number of nitrogens with zero attached hydrogens (tertiary/aromatic N) is 2. The molecule has 2 heterocycles. The summed E-state index contributed by atoms with van der Waals surface area (Å²) in [4.78, 5) is 4.42. The number of thiocarbonyl (C=S) groups is 2. The van der Waals surface area contributed by atoms with Crippen molar-refractivity contribution < 1.29 is 14.2 Å². The molecule has 0 saturated carbocycles. The molecule has 2 aliphatic rings. The summed E-state index contributed by atoms with van der Waals surface area (Å²) in [5.41, 5.74) is 0. The highest BCUT2D eigenvalue weighted by Gasteiger charge is 2.14. The Morgan fingerprint density at radius 3 is 1.57 bits per heavy atom. The van der Waals surface area contributed by atoms with Crippen LogP contribution in [0.25, 0.3) is 0 Å². The van der Waals surface area contributed by atoms with Crippen LogP contribution in [0.5, 0.6) is 0 Å². The summed E-state index contributed by atoms with van der Waals surface area (Å²) in [6.45, 7) is 8.17. The minimum absolute atomic E-state index is 0.722. The summed E-state index contributed by atoms with van der Waals surface area (Å²) < 4.78 is 18.2. The minimum Gasteiger partial charge on any atom is -0.380 e. The molecule has 23 heavy (non-hydrogen) atoms. The van der Waals surface area contributed by atoms with Gasteiger partial charge in [0.2, 0.25) is 0 Å². The molecule has 0 unspecified atom stereocenters. The lowest BCUT2D eigenvalue weighted by Gasteiger charge is -2.28. The predicted molar refractivity (Wildman–Crippen MR) is 106 cm³/mol. The SMILES string of the molecule is S=C(SCCOCCSC(=S)N1CCOCC1)N1CCOCC1. The van der Waals surface area contributed by atoms with Gasteiger partial charge in [-0.3, -0.25) is 0 Å². The third kappa shape index (κ3) is 7.85. The van der Waals surface area contributed by atoms with Crippen molar-refractivity contribution in [2.24, 2.45) is 0 Å². The molecule has 2 saturated heterocycles. The lowest BCUT2D eigenvalue weighted by Crippen LogP contribution is -2.38. The van der Waals surface area contributed by atoms with Gasteiger partial charge in [-0.15, -0.1) is 0 Å². The Hall–Kier alpha value is 0.360. The molecular formula is C14H24N2O3S4. The Balaban J connectivity index is 1.43. The van der Waals surface area contributed by atoms with E-state index in [-0.39, 0.29) is 0 Å². The van der Waals surface area contributed by atoms with Crippen molar-refractivity contribution in [2.45, 2.75) is 0 Å². The second kappa shape index (κ2) is 11.8. The third-order valence-corrected chi connectivity index (χ3v) is 6.42. The van der Waals surface area contributed by atoms with Gasteiger partial charge >= 0.3 is 0 Å². The van der Waals surface area contributed by atoms with Crippen LogP contribution >= 0.6 is 48.0 Å². The maximum Gasteiger partial charge on any atom is 0.136 e. The van der Waals surface area contributed by atoms with E-state index in [1.165, 1.54) is 0 Å². The van der Waals surface area contributed by atoms with Gasteiger partial charge in [-0.1, -0.05) is 48.0 Å². The zero-order chi connectivity index (χ0) is 16.3. The van der Waals surface area contributed by atoms with E-state index in [1.807, 2.05) is 0 Å². The first-order chi connectivity index (χ1) is 11.3. The molecule has 0 amide bonds. The Kier molecular flexibility index (Phi) is 10.1. The van der Waals surface area contributed by atoms with E-state index < -0.39 is 0 Å². The van der Waals surface area contributed by atoms with E-state index in [1.54, 1.807) is 23.5 Å². The van der Waals surface area contributed by atoms with Crippen LogP contribution in [-0.4, -0.2) is 95.8 Å². The molecule has 2 fully saturated rings. The topological polar surface area (TPSA) is 34.2 Å². The van der Waals surface area contributed by atoms with Gasteiger partial charge in [0.1, 0.15) is 8.64 Å². The highest BCUT2D eigenvalue weighted by atomic mass is 32.2. The van der Waals surface area contributed by atoms with Crippen LogP contribution in [0, 0.1) is 0 Å². The lowest BCUT2D eigenvalue weighted by atomic mass is 10.5. The number of hydrogen-bond acceptors (Lipinski definition) is 7. The van der Waals surface area contributed by atoms with E-state index in [9.17, 15) is 0 Å². The van der Waals surface area contributed by atoms with Crippen molar-refractivity contribution in [3.05, 3.63) is 0 Å². The van der Waals surface area contributed by atoms with Gasteiger partial charge in [0, 0.05) is 37.7 Å². The van der Waals surface area contributed by atoms with Gasteiger partial charge in [0.15, 0.2) is 0 Å². The number of rotatable bonds is 6. The summed E-state index contributed by atoms with van der Waals surface area (Å²) in [6.07, 6.45) is 0. The van der Waals surface area contributed by atoms with E-state index in [2.05, 4.69) is 9.80 Å². The number of hydrogen-bond donors (Lipinski definition) is 0. The van der Waals surface area contributed by atoms with Crippen molar-refractivity contribution in [3.8, 4) is 0 Å². The van der Waals surface area contributed by atoms with Crippen molar-refractivity contribution in [3.63, 3.8) is 0 Å². The van der Waals surface area contributed by atoms with Gasteiger partial charge in [0.05, 0.1) is 39.6 Å². The zero-order valence-electron chi connectivity index (χ0n) is 13.2. The van der Waals surface area contributed by atoms with Crippen LogP contribution in [0.15, 0.2) is 0 Å². The fourth-order valence-corrected chi connectivity index (χ4v) is 4.50. The van der Waals surface area contributed by atoms with E-state index >= 15 is 0 Å². The van der Waals surface area contributed by atoms with Crippen LogP contribution in [0.4, 0.5) is 0 Å². The molecule has 132 valence electrons. The van der Waals surface area contributed by atoms with Crippen LogP contribution < -0.4 is 0 Å². The maximum atomic E-state index is 5.66. The average molecular weight is 397 g/mol. The Morgan fingerprint density at radius 1 is 0.783 bits per heavy atom. The molecule has 0 spiro atoms. The largest absolute Gasteiger partial charge is 0.380 e.